The number of nitrogens with zero attached hydrogens (tertiary/aromatic N) is 3. The highest BCUT2D eigenvalue weighted by molar-refractivity contribution is 6.30. The molecule has 2 aromatic carbocycles. The second kappa shape index (κ2) is 7.62. The van der Waals surface area contributed by atoms with Gasteiger partial charge < -0.3 is 10.6 Å². The summed E-state index contributed by atoms with van der Waals surface area (Å²) in [6, 6.07) is 16.5. The number of anilines is 3. The molecule has 1 amide bonds. The van der Waals surface area contributed by atoms with Crippen molar-refractivity contribution >= 4 is 45.7 Å². The summed E-state index contributed by atoms with van der Waals surface area (Å²) in [6.45, 7) is 1.95. The van der Waals surface area contributed by atoms with Gasteiger partial charge in [0.25, 0.3) is 5.91 Å². The standard InChI is InChI=1S/C21H16ClN5O/c1-13-7-8-15(22)12-18(13)27-21-24-11-9-17(26-21)20(28)25-16-6-2-4-14-5-3-10-23-19(14)16/h2-12H,1H3,(H,25,28)(H,24,26,27). The lowest BCUT2D eigenvalue weighted by Gasteiger charge is -2.10. The molecule has 28 heavy (non-hydrogen) atoms. The monoisotopic (exact) mass is 389 g/mol. The molecule has 0 aliphatic carbocycles. The molecule has 0 atom stereocenters. The van der Waals surface area contributed by atoms with Crippen molar-refractivity contribution in [2.45, 2.75) is 6.92 Å². The molecule has 0 saturated heterocycles. The van der Waals surface area contributed by atoms with E-state index in [4.69, 9.17) is 11.6 Å². The molecule has 0 aliphatic heterocycles. The predicted octanol–water partition coefficient (Wildman–Crippen LogP) is 4.98. The minimum absolute atomic E-state index is 0.241. The van der Waals surface area contributed by atoms with Gasteiger partial charge in [0, 0.05) is 28.5 Å². The number of fused-ring (bicyclic) bond motifs is 1. The quantitative estimate of drug-likeness (QED) is 0.514. The molecular formula is C21H16ClN5O. The fraction of sp³-hybridized carbons (Fsp3) is 0.0476. The van der Waals surface area contributed by atoms with Crippen LogP contribution in [0.15, 0.2) is 67.0 Å². The zero-order valence-electron chi connectivity index (χ0n) is 15.0. The lowest BCUT2D eigenvalue weighted by Crippen LogP contribution is -2.15. The van der Waals surface area contributed by atoms with Crippen molar-refractivity contribution in [1.82, 2.24) is 15.0 Å². The summed E-state index contributed by atoms with van der Waals surface area (Å²) >= 11 is 6.05. The average molecular weight is 390 g/mol. The topological polar surface area (TPSA) is 79.8 Å². The van der Waals surface area contributed by atoms with Crippen LogP contribution in [-0.4, -0.2) is 20.9 Å². The first kappa shape index (κ1) is 17.9. The summed E-state index contributed by atoms with van der Waals surface area (Å²) in [6.07, 6.45) is 3.23. The summed E-state index contributed by atoms with van der Waals surface area (Å²) in [4.78, 5) is 25.6. The highest BCUT2D eigenvalue weighted by Gasteiger charge is 2.12. The third-order valence-corrected chi connectivity index (χ3v) is 4.45. The van der Waals surface area contributed by atoms with Gasteiger partial charge in [0.1, 0.15) is 5.69 Å². The van der Waals surface area contributed by atoms with Crippen LogP contribution in [0.3, 0.4) is 0 Å². The summed E-state index contributed by atoms with van der Waals surface area (Å²) in [5.74, 6) is -0.0273. The Labute approximate surface area is 166 Å². The molecule has 0 radical (unpaired) electrons. The molecule has 0 spiro atoms. The molecule has 0 fully saturated rings. The summed E-state index contributed by atoms with van der Waals surface area (Å²) < 4.78 is 0. The van der Waals surface area contributed by atoms with Gasteiger partial charge in [-0.2, -0.15) is 0 Å². The van der Waals surface area contributed by atoms with Gasteiger partial charge in [0.2, 0.25) is 5.95 Å². The maximum absolute atomic E-state index is 12.7. The van der Waals surface area contributed by atoms with E-state index >= 15 is 0 Å². The van der Waals surface area contributed by atoms with E-state index in [2.05, 4.69) is 25.6 Å². The Kier molecular flexibility index (Phi) is 4.87. The number of aromatic nitrogens is 3. The average Bonchev–Trinajstić information content (AvgIpc) is 2.71. The van der Waals surface area contributed by atoms with Crippen molar-refractivity contribution in [3.63, 3.8) is 0 Å². The molecule has 2 N–H and O–H groups in total. The van der Waals surface area contributed by atoms with Crippen LogP contribution in [-0.2, 0) is 0 Å². The maximum Gasteiger partial charge on any atom is 0.274 e. The number of hydrogen-bond acceptors (Lipinski definition) is 5. The molecular weight excluding hydrogens is 374 g/mol. The van der Waals surface area contributed by atoms with Crippen LogP contribution in [0.25, 0.3) is 10.9 Å². The lowest BCUT2D eigenvalue weighted by atomic mass is 10.2. The van der Waals surface area contributed by atoms with E-state index in [9.17, 15) is 4.79 Å². The molecule has 2 aromatic heterocycles. The van der Waals surface area contributed by atoms with E-state index in [1.807, 2.05) is 49.4 Å². The Balaban J connectivity index is 1.58. The predicted molar refractivity (Wildman–Crippen MR) is 111 cm³/mol. The van der Waals surface area contributed by atoms with Gasteiger partial charge in [0.05, 0.1) is 11.2 Å². The van der Waals surface area contributed by atoms with Crippen LogP contribution < -0.4 is 10.6 Å². The Morgan fingerprint density at radius 1 is 0.964 bits per heavy atom. The Morgan fingerprint density at radius 3 is 2.71 bits per heavy atom. The Bertz CT molecular complexity index is 1170. The number of rotatable bonds is 4. The second-order valence-corrected chi connectivity index (χ2v) is 6.62. The molecule has 0 saturated carbocycles. The number of benzene rings is 2. The van der Waals surface area contributed by atoms with Crippen molar-refractivity contribution in [3.05, 3.63) is 83.3 Å². The number of amides is 1. The fourth-order valence-corrected chi connectivity index (χ4v) is 2.96. The Morgan fingerprint density at radius 2 is 1.82 bits per heavy atom. The van der Waals surface area contributed by atoms with Crippen LogP contribution in [0.5, 0.6) is 0 Å². The van der Waals surface area contributed by atoms with Crippen molar-refractivity contribution in [1.29, 1.82) is 0 Å². The summed E-state index contributed by atoms with van der Waals surface area (Å²) in [7, 11) is 0. The molecule has 0 aliphatic rings. The number of nitrogens with one attached hydrogen (secondary N) is 2. The summed E-state index contributed by atoms with van der Waals surface area (Å²) in [5.41, 5.74) is 3.36. The van der Waals surface area contributed by atoms with Crippen LogP contribution in [0.1, 0.15) is 16.1 Å². The molecule has 7 heteroatoms. The molecule has 4 rings (SSSR count). The van der Waals surface area contributed by atoms with E-state index < -0.39 is 0 Å². The third kappa shape index (κ3) is 3.77. The smallest absolute Gasteiger partial charge is 0.274 e. The zero-order valence-corrected chi connectivity index (χ0v) is 15.7. The van der Waals surface area contributed by atoms with E-state index in [0.717, 1.165) is 22.2 Å². The zero-order chi connectivity index (χ0) is 19.5. The molecule has 138 valence electrons. The number of pyridine rings is 1. The largest absolute Gasteiger partial charge is 0.324 e. The molecule has 6 nitrogen and oxygen atoms in total. The van der Waals surface area contributed by atoms with Gasteiger partial charge >= 0.3 is 0 Å². The second-order valence-electron chi connectivity index (χ2n) is 6.18. The van der Waals surface area contributed by atoms with Crippen LogP contribution in [0, 0.1) is 6.92 Å². The fourth-order valence-electron chi connectivity index (χ4n) is 2.79. The van der Waals surface area contributed by atoms with Crippen molar-refractivity contribution in [3.8, 4) is 0 Å². The SMILES string of the molecule is Cc1ccc(Cl)cc1Nc1nccc(C(=O)Nc2cccc3cccnc23)n1. The van der Waals surface area contributed by atoms with Gasteiger partial charge in [-0.1, -0.05) is 35.9 Å². The van der Waals surface area contributed by atoms with Gasteiger partial charge in [-0.3, -0.25) is 9.78 Å². The number of aryl methyl sites for hydroxylation is 1. The van der Waals surface area contributed by atoms with Crippen LogP contribution >= 0.6 is 11.6 Å². The van der Waals surface area contributed by atoms with E-state index in [1.165, 1.54) is 6.20 Å². The first-order chi connectivity index (χ1) is 13.6. The molecule has 4 aromatic rings. The van der Waals surface area contributed by atoms with Gasteiger partial charge in [0.15, 0.2) is 0 Å². The maximum atomic E-state index is 12.7. The van der Waals surface area contributed by atoms with E-state index in [0.29, 0.717) is 16.7 Å². The normalized spacial score (nSPS) is 10.6. The van der Waals surface area contributed by atoms with E-state index in [-0.39, 0.29) is 11.6 Å². The molecule has 0 bridgehead atoms. The minimum Gasteiger partial charge on any atom is -0.324 e. The number of hydrogen-bond donors (Lipinski definition) is 2. The van der Waals surface area contributed by atoms with Crippen molar-refractivity contribution < 1.29 is 4.79 Å². The molecule has 2 heterocycles. The highest BCUT2D eigenvalue weighted by Crippen LogP contribution is 2.23. The third-order valence-electron chi connectivity index (χ3n) is 4.22. The van der Waals surface area contributed by atoms with Gasteiger partial charge in [-0.15, -0.1) is 0 Å². The van der Waals surface area contributed by atoms with Gasteiger partial charge in [-0.05, 0) is 42.8 Å². The van der Waals surface area contributed by atoms with E-state index in [1.54, 1.807) is 18.3 Å². The number of para-hydroxylation sites is 1. The Hall–Kier alpha value is -3.51. The van der Waals surface area contributed by atoms with Crippen molar-refractivity contribution in [2.24, 2.45) is 0 Å². The number of carbonyl (C=O) groups is 1. The first-order valence-electron chi connectivity index (χ1n) is 8.61. The number of halogens is 1. The minimum atomic E-state index is -0.341. The lowest BCUT2D eigenvalue weighted by molar-refractivity contribution is 0.102. The first-order valence-corrected chi connectivity index (χ1v) is 8.99. The number of carbonyl (C=O) groups excluding carboxylic acids is 1. The van der Waals surface area contributed by atoms with Crippen molar-refractivity contribution in [2.75, 3.05) is 10.6 Å². The summed E-state index contributed by atoms with van der Waals surface area (Å²) in [5, 5.41) is 7.52. The van der Waals surface area contributed by atoms with Crippen LogP contribution in [0.4, 0.5) is 17.3 Å². The van der Waals surface area contributed by atoms with Gasteiger partial charge in [-0.25, -0.2) is 9.97 Å². The molecule has 0 unspecified atom stereocenters. The highest BCUT2D eigenvalue weighted by atomic mass is 35.5. The van der Waals surface area contributed by atoms with Crippen LogP contribution in [0.2, 0.25) is 5.02 Å².